The number of carbonyl (C=O) groups excluding carboxylic acids is 1. The summed E-state index contributed by atoms with van der Waals surface area (Å²) in [6.45, 7) is 0.456. The van der Waals surface area contributed by atoms with E-state index in [9.17, 15) is 4.79 Å². The Morgan fingerprint density at radius 3 is 2.50 bits per heavy atom. The Balaban J connectivity index is 1.53. The van der Waals surface area contributed by atoms with E-state index in [0.717, 1.165) is 16.3 Å². The van der Waals surface area contributed by atoms with Gasteiger partial charge in [0.2, 0.25) is 0 Å². The Kier molecular flexibility index (Phi) is 5.58. The first-order valence-corrected chi connectivity index (χ1v) is 8.60. The topological polar surface area (TPSA) is 54.9 Å². The molecular weight excluding hydrogens is 318 g/mol. The first-order chi connectivity index (χ1) is 11.8. The average Bonchev–Trinajstić information content (AvgIpc) is 2.66. The van der Waals surface area contributed by atoms with Gasteiger partial charge in [0.05, 0.1) is 10.6 Å². The number of carbonyl (C=O) groups is 1. The molecule has 0 unspecified atom stereocenters. The molecule has 3 rings (SSSR count). The molecule has 5 heteroatoms. The maximum Gasteiger partial charge on any atom is 0.253 e. The van der Waals surface area contributed by atoms with Crippen molar-refractivity contribution in [1.29, 1.82) is 0 Å². The largest absolute Gasteiger partial charge is 0.348 e. The number of nitrogens with one attached hydrogen (secondary N) is 1. The van der Waals surface area contributed by atoms with Crippen LogP contribution in [0.1, 0.15) is 21.5 Å². The summed E-state index contributed by atoms with van der Waals surface area (Å²) in [7, 11) is 0. The molecule has 0 saturated heterocycles. The van der Waals surface area contributed by atoms with Crippen LogP contribution in [0.2, 0.25) is 0 Å². The van der Waals surface area contributed by atoms with Crippen LogP contribution in [0.4, 0.5) is 0 Å². The highest BCUT2D eigenvalue weighted by atomic mass is 32.2. The summed E-state index contributed by atoms with van der Waals surface area (Å²) in [5.41, 5.74) is 2.78. The van der Waals surface area contributed by atoms with Crippen molar-refractivity contribution in [2.45, 2.75) is 17.3 Å². The van der Waals surface area contributed by atoms with Crippen LogP contribution in [0, 0.1) is 0 Å². The minimum absolute atomic E-state index is 0.133. The third-order valence-corrected chi connectivity index (χ3v) is 4.42. The Morgan fingerprint density at radius 1 is 0.958 bits per heavy atom. The molecule has 1 aromatic carbocycles. The molecule has 1 N–H and O–H groups in total. The van der Waals surface area contributed by atoms with Gasteiger partial charge in [-0.05, 0) is 29.3 Å². The van der Waals surface area contributed by atoms with Crippen molar-refractivity contribution < 1.29 is 4.79 Å². The fourth-order valence-corrected chi connectivity index (χ4v) is 2.92. The van der Waals surface area contributed by atoms with Crippen LogP contribution in [-0.2, 0) is 12.3 Å². The fraction of sp³-hybridized carbons (Fsp3) is 0.105. The monoisotopic (exact) mass is 335 g/mol. The first-order valence-electron chi connectivity index (χ1n) is 7.61. The van der Waals surface area contributed by atoms with Crippen LogP contribution in [0.15, 0.2) is 78.2 Å². The van der Waals surface area contributed by atoms with Crippen LogP contribution >= 0.6 is 11.8 Å². The highest BCUT2D eigenvalue weighted by molar-refractivity contribution is 7.98. The lowest BCUT2D eigenvalue weighted by atomic mass is 10.2. The van der Waals surface area contributed by atoms with Gasteiger partial charge in [-0.3, -0.25) is 9.78 Å². The molecule has 3 aromatic rings. The lowest BCUT2D eigenvalue weighted by Crippen LogP contribution is -2.22. The zero-order valence-corrected chi connectivity index (χ0v) is 13.9. The summed E-state index contributed by atoms with van der Waals surface area (Å²) >= 11 is 1.65. The Hall–Kier alpha value is -2.66. The molecule has 2 aromatic heterocycles. The number of benzene rings is 1. The zero-order valence-electron chi connectivity index (χ0n) is 13.1. The molecule has 0 radical (unpaired) electrons. The van der Waals surface area contributed by atoms with Gasteiger partial charge in [0.15, 0.2) is 0 Å². The Labute approximate surface area is 145 Å². The molecule has 0 aliphatic carbocycles. The summed E-state index contributed by atoms with van der Waals surface area (Å²) in [6, 6.07) is 17.7. The van der Waals surface area contributed by atoms with E-state index in [4.69, 9.17) is 0 Å². The predicted molar refractivity (Wildman–Crippen MR) is 95.6 cm³/mol. The van der Waals surface area contributed by atoms with E-state index >= 15 is 0 Å². The summed E-state index contributed by atoms with van der Waals surface area (Å²) in [5, 5.41) is 3.77. The smallest absolute Gasteiger partial charge is 0.253 e. The fourth-order valence-electron chi connectivity index (χ4n) is 2.12. The van der Waals surface area contributed by atoms with Gasteiger partial charge in [0.1, 0.15) is 0 Å². The van der Waals surface area contributed by atoms with Crippen molar-refractivity contribution >= 4 is 17.7 Å². The number of pyridine rings is 2. The first kappa shape index (κ1) is 16.2. The van der Waals surface area contributed by atoms with Gasteiger partial charge < -0.3 is 5.32 Å². The van der Waals surface area contributed by atoms with Crippen LogP contribution in [0.25, 0.3) is 0 Å². The molecule has 0 atom stereocenters. The molecule has 0 saturated carbocycles. The summed E-state index contributed by atoms with van der Waals surface area (Å²) in [6.07, 6.45) is 5.06. The number of hydrogen-bond acceptors (Lipinski definition) is 4. The zero-order chi connectivity index (χ0) is 16.6. The summed E-state index contributed by atoms with van der Waals surface area (Å²) < 4.78 is 0. The van der Waals surface area contributed by atoms with Gasteiger partial charge in [-0.15, -0.1) is 11.8 Å². The molecule has 24 heavy (non-hydrogen) atoms. The van der Waals surface area contributed by atoms with Crippen LogP contribution in [0.5, 0.6) is 0 Å². The van der Waals surface area contributed by atoms with E-state index < -0.39 is 0 Å². The highest BCUT2D eigenvalue weighted by Crippen LogP contribution is 2.20. The van der Waals surface area contributed by atoms with Crippen molar-refractivity contribution in [3.63, 3.8) is 0 Å². The Bertz CT molecular complexity index is 777. The molecule has 4 nitrogen and oxygen atoms in total. The lowest BCUT2D eigenvalue weighted by molar-refractivity contribution is 0.0950. The number of nitrogens with zero attached hydrogens (tertiary/aromatic N) is 2. The number of thioether (sulfide) groups is 1. The molecule has 0 spiro atoms. The average molecular weight is 335 g/mol. The lowest BCUT2D eigenvalue weighted by Gasteiger charge is -2.06. The number of rotatable bonds is 6. The van der Waals surface area contributed by atoms with Gasteiger partial charge in [-0.1, -0.05) is 36.4 Å². The van der Waals surface area contributed by atoms with Crippen molar-refractivity contribution in [2.24, 2.45) is 0 Å². The van der Waals surface area contributed by atoms with E-state index in [1.807, 2.05) is 36.4 Å². The molecule has 0 fully saturated rings. The second-order valence-corrected chi connectivity index (χ2v) is 6.20. The summed E-state index contributed by atoms with van der Waals surface area (Å²) in [5.74, 6) is 0.728. The third kappa shape index (κ3) is 4.67. The minimum Gasteiger partial charge on any atom is -0.348 e. The number of hydrogen-bond donors (Lipinski definition) is 1. The minimum atomic E-state index is -0.133. The molecule has 120 valence electrons. The van der Waals surface area contributed by atoms with E-state index in [0.29, 0.717) is 12.1 Å². The van der Waals surface area contributed by atoms with Crippen molar-refractivity contribution in [2.75, 3.05) is 0 Å². The van der Waals surface area contributed by atoms with E-state index in [-0.39, 0.29) is 5.91 Å². The van der Waals surface area contributed by atoms with Crippen LogP contribution in [-0.4, -0.2) is 15.9 Å². The molecule has 1 amide bonds. The molecule has 0 bridgehead atoms. The van der Waals surface area contributed by atoms with Crippen molar-refractivity contribution in [3.8, 4) is 0 Å². The Morgan fingerprint density at radius 2 is 1.79 bits per heavy atom. The molecular formula is C19H17N3OS. The molecule has 0 aliphatic rings. The van der Waals surface area contributed by atoms with Gasteiger partial charge in [0.25, 0.3) is 5.91 Å². The highest BCUT2D eigenvalue weighted by Gasteiger charge is 2.06. The predicted octanol–water partition coefficient (Wildman–Crippen LogP) is 3.70. The van der Waals surface area contributed by atoms with Crippen LogP contribution < -0.4 is 5.32 Å². The number of aromatic nitrogens is 2. The maximum absolute atomic E-state index is 12.1. The van der Waals surface area contributed by atoms with E-state index in [1.165, 1.54) is 5.56 Å². The van der Waals surface area contributed by atoms with Crippen LogP contribution in [0.3, 0.4) is 0 Å². The SMILES string of the molecule is O=C(NCc1cccnc1)c1ccc(SCc2ccccc2)nc1. The summed E-state index contributed by atoms with van der Waals surface area (Å²) in [4.78, 5) is 20.5. The van der Waals surface area contributed by atoms with E-state index in [2.05, 4.69) is 27.4 Å². The second kappa shape index (κ2) is 8.26. The van der Waals surface area contributed by atoms with Crippen molar-refractivity contribution in [1.82, 2.24) is 15.3 Å². The number of amides is 1. The van der Waals surface area contributed by atoms with Gasteiger partial charge in [-0.2, -0.15) is 0 Å². The maximum atomic E-state index is 12.1. The molecule has 0 aliphatic heterocycles. The van der Waals surface area contributed by atoms with Gasteiger partial charge in [0, 0.05) is 30.9 Å². The quantitative estimate of drug-likeness (QED) is 0.698. The second-order valence-electron chi connectivity index (χ2n) is 5.20. The van der Waals surface area contributed by atoms with E-state index in [1.54, 1.807) is 36.4 Å². The third-order valence-electron chi connectivity index (χ3n) is 3.40. The van der Waals surface area contributed by atoms with Gasteiger partial charge >= 0.3 is 0 Å². The van der Waals surface area contributed by atoms with Gasteiger partial charge in [-0.25, -0.2) is 4.98 Å². The van der Waals surface area contributed by atoms with Crippen molar-refractivity contribution in [3.05, 3.63) is 89.9 Å². The normalized spacial score (nSPS) is 10.3. The standard InChI is InChI=1S/C19H17N3OS/c23-19(22-12-16-7-4-10-20-11-16)17-8-9-18(21-13-17)24-14-15-5-2-1-3-6-15/h1-11,13H,12,14H2,(H,22,23). The molecule has 2 heterocycles.